The molecule has 0 saturated carbocycles. The van der Waals surface area contributed by atoms with Gasteiger partial charge in [-0.2, -0.15) is 0 Å². The number of fused-ring (bicyclic) bond motifs is 1. The molecule has 1 aromatic carbocycles. The second kappa shape index (κ2) is 9.45. The van der Waals surface area contributed by atoms with Crippen LogP contribution >= 0.6 is 0 Å². The molecule has 0 unspecified atom stereocenters. The lowest BCUT2D eigenvalue weighted by Gasteiger charge is -2.41. The summed E-state index contributed by atoms with van der Waals surface area (Å²) in [6.45, 7) is 1.92. The van der Waals surface area contributed by atoms with Gasteiger partial charge in [-0.15, -0.1) is 0 Å². The zero-order valence-corrected chi connectivity index (χ0v) is 17.4. The number of aryl methyl sites for hydroxylation is 1. The second-order valence-corrected chi connectivity index (χ2v) is 7.84. The van der Waals surface area contributed by atoms with E-state index < -0.39 is 43.1 Å². The lowest BCUT2D eigenvalue weighted by molar-refractivity contribution is -0.142. The highest BCUT2D eigenvalue weighted by Crippen LogP contribution is 2.37. The molecule has 0 spiro atoms. The maximum atomic E-state index is 12.6. The van der Waals surface area contributed by atoms with E-state index in [-0.39, 0.29) is 42.5 Å². The summed E-state index contributed by atoms with van der Waals surface area (Å²) in [6, 6.07) is 1.36. The fraction of sp³-hybridized carbons (Fsp3) is 0.474. The zero-order chi connectivity index (χ0) is 23.6. The van der Waals surface area contributed by atoms with Crippen molar-refractivity contribution in [3.8, 4) is 11.5 Å². The van der Waals surface area contributed by atoms with Gasteiger partial charge in [0.05, 0.1) is 31.6 Å². The summed E-state index contributed by atoms with van der Waals surface area (Å²) in [5.74, 6) is -2.93. The maximum absolute atomic E-state index is 12.6. The molecule has 12 nitrogen and oxygen atoms in total. The van der Waals surface area contributed by atoms with E-state index in [1.165, 1.54) is 11.8 Å². The average molecular weight is 448 g/mol. The summed E-state index contributed by atoms with van der Waals surface area (Å²) in [6.07, 6.45) is 0.0729. The first-order chi connectivity index (χ1) is 15.1. The average Bonchev–Trinajstić information content (AvgIpc) is 2.68. The number of aromatic carboxylic acids is 1. The Bertz CT molecular complexity index is 936. The number of nitrogens with zero attached hydrogens (tertiary/aromatic N) is 1. The van der Waals surface area contributed by atoms with E-state index in [1.54, 1.807) is 12.1 Å². The van der Waals surface area contributed by atoms with Crippen LogP contribution in [-0.2, 0) is 20.8 Å². The Kier molecular flexibility index (Phi) is 6.89. The summed E-state index contributed by atoms with van der Waals surface area (Å²) in [7, 11) is -1.08. The molecule has 3 rings (SSSR count). The van der Waals surface area contributed by atoms with Gasteiger partial charge in [0.2, 0.25) is 17.7 Å². The fourth-order valence-corrected chi connectivity index (χ4v) is 3.68. The number of hydrogen-bond donors (Lipinski definition) is 5. The molecule has 172 valence electrons. The Morgan fingerprint density at radius 1 is 1.31 bits per heavy atom. The molecule has 32 heavy (non-hydrogen) atoms. The van der Waals surface area contributed by atoms with Crippen LogP contribution in [-0.4, -0.2) is 77.1 Å². The Morgan fingerprint density at radius 3 is 2.59 bits per heavy atom. The summed E-state index contributed by atoms with van der Waals surface area (Å²) < 4.78 is 11.1. The molecule has 2 atom stereocenters. The predicted molar refractivity (Wildman–Crippen MR) is 111 cm³/mol. The van der Waals surface area contributed by atoms with Crippen LogP contribution < -0.4 is 26.2 Å². The number of rotatable bonds is 9. The molecular weight excluding hydrogens is 423 g/mol. The fourth-order valence-electron chi connectivity index (χ4n) is 3.68. The monoisotopic (exact) mass is 448 g/mol. The molecule has 13 heteroatoms. The number of primary amides is 2. The number of nitrogens with one attached hydrogen (secondary N) is 1. The third kappa shape index (κ3) is 5.11. The van der Waals surface area contributed by atoms with E-state index in [0.717, 1.165) is 0 Å². The third-order valence-electron chi connectivity index (χ3n) is 5.35. The number of carboxylic acids is 1. The molecule has 2 heterocycles. The highest BCUT2D eigenvalue weighted by molar-refractivity contribution is 6.44. The van der Waals surface area contributed by atoms with Gasteiger partial charge >= 0.3 is 13.1 Å². The quantitative estimate of drug-likeness (QED) is 0.268. The van der Waals surface area contributed by atoms with Crippen molar-refractivity contribution in [3.63, 3.8) is 0 Å². The van der Waals surface area contributed by atoms with Crippen LogP contribution in [0.15, 0.2) is 12.1 Å². The number of carbonyl (C=O) groups excluding carboxylic acids is 3. The van der Waals surface area contributed by atoms with Gasteiger partial charge in [0, 0.05) is 0 Å². The van der Waals surface area contributed by atoms with Crippen molar-refractivity contribution in [2.24, 2.45) is 11.5 Å². The van der Waals surface area contributed by atoms with Crippen LogP contribution in [0.2, 0.25) is 6.32 Å². The molecule has 2 aliphatic heterocycles. The second-order valence-electron chi connectivity index (χ2n) is 7.84. The minimum Gasteiger partial charge on any atom is -0.535 e. The van der Waals surface area contributed by atoms with Crippen molar-refractivity contribution in [2.45, 2.75) is 44.3 Å². The van der Waals surface area contributed by atoms with Gasteiger partial charge in [0.1, 0.15) is 23.2 Å². The van der Waals surface area contributed by atoms with Crippen LogP contribution in [0.4, 0.5) is 0 Å². The number of hydrogen-bond acceptors (Lipinski definition) is 8. The molecule has 0 radical (unpaired) electrons. The Balaban J connectivity index is 1.61. The van der Waals surface area contributed by atoms with Crippen LogP contribution in [0.3, 0.4) is 0 Å². The minimum atomic E-state index is -1.25. The number of ether oxygens (including phenoxy) is 1. The molecule has 3 amide bonds. The predicted octanol–water partition coefficient (Wildman–Crippen LogP) is -1.90. The molecule has 7 N–H and O–H groups in total. The van der Waals surface area contributed by atoms with Crippen LogP contribution in [0, 0.1) is 0 Å². The lowest BCUT2D eigenvalue weighted by atomic mass is 9.78. The standard InChI is InChI=1S/C19H25BN4O8/c1-9(23-12(17(22)26)6-14(21)25)18(27)24-7-11(8-24)31-13-3-2-10-4-5-20(30)32-16(10)15(13)19(28)29/h2-3,9,11-12,23,30H,4-8H2,1H3,(H2,21,25)(H2,22,26)(H,28,29)/t9-,12-/m1/s1. The normalized spacial score (nSPS) is 17.4. The van der Waals surface area contributed by atoms with E-state index in [4.69, 9.17) is 20.9 Å². The smallest absolute Gasteiger partial charge is 0.522 e. The SMILES string of the molecule is C[C@@H](N[C@H](CC(N)=O)C(N)=O)C(=O)N1CC(Oc2ccc3c(c2C(=O)O)OB(O)CC3)C1. The van der Waals surface area contributed by atoms with E-state index in [0.29, 0.717) is 18.3 Å². The number of likely N-dealkylation sites (tertiary alicyclic amines) is 1. The zero-order valence-electron chi connectivity index (χ0n) is 17.4. The first-order valence-corrected chi connectivity index (χ1v) is 10.1. The van der Waals surface area contributed by atoms with Crippen molar-refractivity contribution in [2.75, 3.05) is 13.1 Å². The molecular formula is C19H25BN4O8. The number of carboxylic acid groups (broad SMARTS) is 1. The Hall–Kier alpha value is -3.32. The van der Waals surface area contributed by atoms with Gasteiger partial charge in [0.25, 0.3) is 0 Å². The van der Waals surface area contributed by atoms with E-state index in [1.807, 2.05) is 0 Å². The van der Waals surface area contributed by atoms with Crippen molar-refractivity contribution in [1.82, 2.24) is 10.2 Å². The van der Waals surface area contributed by atoms with Gasteiger partial charge in [-0.25, -0.2) is 4.79 Å². The van der Waals surface area contributed by atoms with Gasteiger partial charge in [-0.3, -0.25) is 19.7 Å². The van der Waals surface area contributed by atoms with Gasteiger partial charge in [-0.1, -0.05) is 6.07 Å². The molecule has 0 bridgehead atoms. The van der Waals surface area contributed by atoms with Crippen molar-refractivity contribution in [3.05, 3.63) is 23.3 Å². The Labute approximate surface area is 184 Å². The third-order valence-corrected chi connectivity index (χ3v) is 5.35. The van der Waals surface area contributed by atoms with E-state index in [2.05, 4.69) is 5.32 Å². The minimum absolute atomic E-state index is 0.0869. The van der Waals surface area contributed by atoms with Crippen molar-refractivity contribution >= 4 is 30.8 Å². The highest BCUT2D eigenvalue weighted by atomic mass is 16.5. The lowest BCUT2D eigenvalue weighted by Crippen LogP contribution is -2.61. The largest absolute Gasteiger partial charge is 0.535 e. The number of carbonyl (C=O) groups is 4. The van der Waals surface area contributed by atoms with E-state index in [9.17, 15) is 29.3 Å². The molecule has 2 aliphatic rings. The highest BCUT2D eigenvalue weighted by Gasteiger charge is 2.37. The summed E-state index contributed by atoms with van der Waals surface area (Å²) in [4.78, 5) is 48.3. The first-order valence-electron chi connectivity index (χ1n) is 10.1. The van der Waals surface area contributed by atoms with Crippen LogP contribution in [0.5, 0.6) is 11.5 Å². The van der Waals surface area contributed by atoms with Gasteiger partial charge in [0.15, 0.2) is 0 Å². The molecule has 0 aromatic heterocycles. The molecule has 1 saturated heterocycles. The number of benzene rings is 1. The summed E-state index contributed by atoms with van der Waals surface area (Å²) >= 11 is 0. The van der Waals surface area contributed by atoms with Gasteiger partial charge in [-0.05, 0) is 31.3 Å². The van der Waals surface area contributed by atoms with Gasteiger partial charge < -0.3 is 35.9 Å². The summed E-state index contributed by atoms with van der Waals surface area (Å²) in [5, 5.41) is 22.1. The molecule has 1 fully saturated rings. The van der Waals surface area contributed by atoms with Crippen LogP contribution in [0.1, 0.15) is 29.3 Å². The Morgan fingerprint density at radius 2 is 2.00 bits per heavy atom. The van der Waals surface area contributed by atoms with Crippen molar-refractivity contribution in [1.29, 1.82) is 0 Å². The van der Waals surface area contributed by atoms with E-state index >= 15 is 0 Å². The number of nitrogens with two attached hydrogens (primary N) is 2. The van der Waals surface area contributed by atoms with Crippen molar-refractivity contribution < 1.29 is 38.7 Å². The first kappa shape index (κ1) is 23.4. The number of amides is 3. The summed E-state index contributed by atoms with van der Waals surface area (Å²) in [5.41, 5.74) is 10.8. The molecule has 1 aromatic rings. The maximum Gasteiger partial charge on any atom is 0.522 e. The molecule has 0 aliphatic carbocycles. The topological polar surface area (TPSA) is 195 Å². The van der Waals surface area contributed by atoms with Crippen LogP contribution in [0.25, 0.3) is 0 Å².